The summed E-state index contributed by atoms with van der Waals surface area (Å²) in [7, 11) is 2.03. The maximum Gasteiger partial charge on any atom is 0.130 e. The number of aryl methyl sites for hydroxylation is 2. The molecule has 0 bridgehead atoms. The van der Waals surface area contributed by atoms with E-state index < -0.39 is 0 Å². The molecule has 0 saturated heterocycles. The average molecular weight is 312 g/mol. The quantitative estimate of drug-likeness (QED) is 0.759. The number of hydrogen-bond acceptors (Lipinski definition) is 4. The second kappa shape index (κ2) is 6.85. The molecule has 1 atom stereocenters. The van der Waals surface area contributed by atoms with Gasteiger partial charge in [-0.2, -0.15) is 0 Å². The Balaban J connectivity index is 1.81. The summed E-state index contributed by atoms with van der Waals surface area (Å²) in [5.74, 6) is 1.01. The molecular weight excluding hydrogens is 292 g/mol. The zero-order valence-electron chi connectivity index (χ0n) is 12.9. The lowest BCUT2D eigenvalue weighted by Gasteiger charge is -2.18. The summed E-state index contributed by atoms with van der Waals surface area (Å²) in [5, 5.41) is 6.91. The van der Waals surface area contributed by atoms with Gasteiger partial charge in [0.25, 0.3) is 0 Å². The SMILES string of the molecule is CCc1nc(CN[C@H](c2ccccc2)c2nccn2C)cs1. The van der Waals surface area contributed by atoms with Gasteiger partial charge in [-0.3, -0.25) is 5.32 Å². The maximum atomic E-state index is 4.63. The fraction of sp³-hybridized carbons (Fsp3) is 0.294. The molecule has 3 rings (SSSR count). The molecule has 0 aliphatic carbocycles. The zero-order valence-corrected chi connectivity index (χ0v) is 13.7. The predicted molar refractivity (Wildman–Crippen MR) is 89.8 cm³/mol. The lowest BCUT2D eigenvalue weighted by Crippen LogP contribution is -2.25. The van der Waals surface area contributed by atoms with Crippen molar-refractivity contribution in [2.75, 3.05) is 0 Å². The van der Waals surface area contributed by atoms with E-state index in [9.17, 15) is 0 Å². The number of rotatable bonds is 6. The van der Waals surface area contributed by atoms with Crippen LogP contribution in [0.1, 0.15) is 35.1 Å². The van der Waals surface area contributed by atoms with Crippen LogP contribution in [-0.2, 0) is 20.0 Å². The maximum absolute atomic E-state index is 4.63. The van der Waals surface area contributed by atoms with Gasteiger partial charge in [0, 0.05) is 31.4 Å². The van der Waals surface area contributed by atoms with E-state index in [1.807, 2.05) is 25.5 Å². The van der Waals surface area contributed by atoms with Gasteiger partial charge in [-0.1, -0.05) is 37.3 Å². The highest BCUT2D eigenvalue weighted by molar-refractivity contribution is 7.09. The van der Waals surface area contributed by atoms with Crippen LogP contribution in [0.3, 0.4) is 0 Å². The minimum absolute atomic E-state index is 0.0629. The van der Waals surface area contributed by atoms with Gasteiger partial charge < -0.3 is 4.57 Å². The summed E-state index contributed by atoms with van der Waals surface area (Å²) >= 11 is 1.73. The van der Waals surface area contributed by atoms with Crippen LogP contribution in [0.5, 0.6) is 0 Å². The molecule has 1 N–H and O–H groups in total. The number of hydrogen-bond donors (Lipinski definition) is 1. The molecule has 3 aromatic rings. The van der Waals surface area contributed by atoms with Crippen molar-refractivity contribution in [2.24, 2.45) is 7.05 Å². The molecule has 0 radical (unpaired) electrons. The molecule has 2 heterocycles. The van der Waals surface area contributed by atoms with E-state index in [4.69, 9.17) is 0 Å². The number of benzene rings is 1. The van der Waals surface area contributed by atoms with Crippen LogP contribution < -0.4 is 5.32 Å². The molecule has 0 fully saturated rings. The second-order valence-electron chi connectivity index (χ2n) is 5.21. The highest BCUT2D eigenvalue weighted by Gasteiger charge is 2.18. The number of aromatic nitrogens is 3. The molecular formula is C17H20N4S. The summed E-state index contributed by atoms with van der Waals surface area (Å²) in [6, 6.07) is 10.5. The summed E-state index contributed by atoms with van der Waals surface area (Å²) < 4.78 is 2.06. The van der Waals surface area contributed by atoms with Crippen LogP contribution in [-0.4, -0.2) is 14.5 Å². The molecule has 114 valence electrons. The Bertz CT molecular complexity index is 717. The Morgan fingerprint density at radius 2 is 2.09 bits per heavy atom. The van der Waals surface area contributed by atoms with E-state index >= 15 is 0 Å². The minimum Gasteiger partial charge on any atom is -0.336 e. The van der Waals surface area contributed by atoms with E-state index in [1.165, 1.54) is 10.6 Å². The summed E-state index contributed by atoms with van der Waals surface area (Å²) in [6.45, 7) is 2.87. The molecule has 0 saturated carbocycles. The van der Waals surface area contributed by atoms with Crippen LogP contribution in [0.25, 0.3) is 0 Å². The van der Waals surface area contributed by atoms with Crippen molar-refractivity contribution in [2.45, 2.75) is 25.9 Å². The van der Waals surface area contributed by atoms with Gasteiger partial charge in [0.15, 0.2) is 0 Å². The largest absolute Gasteiger partial charge is 0.336 e. The van der Waals surface area contributed by atoms with Gasteiger partial charge in [0.1, 0.15) is 5.82 Å². The van der Waals surface area contributed by atoms with Crippen molar-refractivity contribution < 1.29 is 0 Å². The Morgan fingerprint density at radius 1 is 1.27 bits per heavy atom. The topological polar surface area (TPSA) is 42.7 Å². The van der Waals surface area contributed by atoms with Gasteiger partial charge in [-0.15, -0.1) is 11.3 Å². The third-order valence-electron chi connectivity index (χ3n) is 3.64. The van der Waals surface area contributed by atoms with Crippen molar-refractivity contribution in [3.8, 4) is 0 Å². The first-order chi connectivity index (χ1) is 10.8. The highest BCUT2D eigenvalue weighted by atomic mass is 32.1. The molecule has 5 heteroatoms. The van der Waals surface area contributed by atoms with Crippen LogP contribution >= 0.6 is 11.3 Å². The summed E-state index contributed by atoms with van der Waals surface area (Å²) in [6.07, 6.45) is 4.81. The molecule has 0 aliphatic rings. The molecule has 0 unspecified atom stereocenters. The summed E-state index contributed by atoms with van der Waals surface area (Å²) in [4.78, 5) is 9.14. The zero-order chi connectivity index (χ0) is 15.4. The normalized spacial score (nSPS) is 12.5. The molecule has 0 amide bonds. The van der Waals surface area contributed by atoms with Crippen molar-refractivity contribution >= 4 is 11.3 Å². The average Bonchev–Trinajstić information content (AvgIpc) is 3.18. The van der Waals surface area contributed by atoms with E-state index in [0.717, 1.165) is 24.5 Å². The number of nitrogens with zero attached hydrogens (tertiary/aromatic N) is 3. The highest BCUT2D eigenvalue weighted by Crippen LogP contribution is 2.21. The molecule has 22 heavy (non-hydrogen) atoms. The van der Waals surface area contributed by atoms with E-state index in [2.05, 4.69) is 56.4 Å². The number of nitrogens with one attached hydrogen (secondary N) is 1. The second-order valence-corrected chi connectivity index (χ2v) is 6.15. The van der Waals surface area contributed by atoms with Crippen molar-refractivity contribution in [3.05, 3.63) is 70.2 Å². The smallest absolute Gasteiger partial charge is 0.130 e. The summed E-state index contributed by atoms with van der Waals surface area (Å²) in [5.41, 5.74) is 2.31. The van der Waals surface area contributed by atoms with Crippen LogP contribution in [0.2, 0.25) is 0 Å². The Morgan fingerprint density at radius 3 is 2.73 bits per heavy atom. The van der Waals surface area contributed by atoms with Crippen molar-refractivity contribution in [1.29, 1.82) is 0 Å². The van der Waals surface area contributed by atoms with E-state index in [0.29, 0.717) is 0 Å². The number of imidazole rings is 1. The first-order valence-corrected chi connectivity index (χ1v) is 8.34. The first-order valence-electron chi connectivity index (χ1n) is 7.46. The van der Waals surface area contributed by atoms with Crippen LogP contribution in [0.4, 0.5) is 0 Å². The van der Waals surface area contributed by atoms with Crippen molar-refractivity contribution in [3.63, 3.8) is 0 Å². The first kappa shape index (κ1) is 14.9. The standard InChI is InChI=1S/C17H20N4S/c1-3-15-20-14(12-22-15)11-19-16(13-7-5-4-6-8-13)17-18-9-10-21(17)2/h4-10,12,16,19H,3,11H2,1-2H3/t16-/m1/s1. The van der Waals surface area contributed by atoms with Gasteiger partial charge in [-0.25, -0.2) is 9.97 Å². The fourth-order valence-corrected chi connectivity index (χ4v) is 3.20. The van der Waals surface area contributed by atoms with E-state index in [1.54, 1.807) is 11.3 Å². The molecule has 4 nitrogen and oxygen atoms in total. The van der Waals surface area contributed by atoms with Gasteiger partial charge in [0.2, 0.25) is 0 Å². The van der Waals surface area contributed by atoms with Crippen molar-refractivity contribution in [1.82, 2.24) is 19.9 Å². The molecule has 0 aliphatic heterocycles. The van der Waals surface area contributed by atoms with Gasteiger partial charge in [-0.05, 0) is 12.0 Å². The van der Waals surface area contributed by atoms with Crippen LogP contribution in [0.15, 0.2) is 48.1 Å². The predicted octanol–water partition coefficient (Wildman–Crippen LogP) is 3.32. The third kappa shape index (κ3) is 3.26. The Hall–Kier alpha value is -1.98. The Labute approximate surface area is 134 Å². The van der Waals surface area contributed by atoms with E-state index in [-0.39, 0.29) is 6.04 Å². The monoisotopic (exact) mass is 312 g/mol. The molecule has 1 aromatic carbocycles. The lowest BCUT2D eigenvalue weighted by atomic mass is 10.1. The third-order valence-corrected chi connectivity index (χ3v) is 4.68. The molecule has 2 aromatic heterocycles. The molecule has 0 spiro atoms. The van der Waals surface area contributed by atoms with Gasteiger partial charge in [0.05, 0.1) is 16.7 Å². The van der Waals surface area contributed by atoms with Gasteiger partial charge >= 0.3 is 0 Å². The lowest BCUT2D eigenvalue weighted by molar-refractivity contribution is 0.553. The minimum atomic E-state index is 0.0629. The van der Waals surface area contributed by atoms with Crippen LogP contribution in [0, 0.1) is 0 Å². The fourth-order valence-electron chi connectivity index (χ4n) is 2.46. The Kier molecular flexibility index (Phi) is 4.65. The number of thiazole rings is 1.